The highest BCUT2D eigenvalue weighted by atomic mass is 35.5. The number of aryl methyl sites for hydroxylation is 1. The fourth-order valence-corrected chi connectivity index (χ4v) is 4.16. The highest BCUT2D eigenvalue weighted by molar-refractivity contribution is 7.91. The molecule has 0 fully saturated rings. The lowest BCUT2D eigenvalue weighted by Crippen LogP contribution is -2.32. The number of carbonyl (C=O) groups is 1. The average molecular weight is 398 g/mol. The summed E-state index contributed by atoms with van der Waals surface area (Å²) in [5, 5.41) is 2.71. The molecule has 1 unspecified atom stereocenters. The predicted molar refractivity (Wildman–Crippen MR) is 101 cm³/mol. The first-order chi connectivity index (χ1) is 12.2. The number of nitrogens with one attached hydrogen (secondary N) is 1. The van der Waals surface area contributed by atoms with Crippen LogP contribution < -0.4 is 5.32 Å². The Kier molecular flexibility index (Phi) is 6.78. The monoisotopic (exact) mass is 397 g/mol. The van der Waals surface area contributed by atoms with Gasteiger partial charge in [-0.05, 0) is 42.2 Å². The Labute approximate surface area is 158 Å². The molecule has 4 nitrogen and oxygen atoms in total. The van der Waals surface area contributed by atoms with Gasteiger partial charge in [-0.1, -0.05) is 48.9 Å². The molecular formula is C19H21ClFNO3S. The summed E-state index contributed by atoms with van der Waals surface area (Å²) in [6.45, 7) is 3.85. The Hall–Kier alpha value is -1.92. The minimum atomic E-state index is -3.73. The number of rotatable bonds is 7. The quantitative estimate of drug-likeness (QED) is 0.772. The van der Waals surface area contributed by atoms with Gasteiger partial charge in [0.25, 0.3) is 0 Å². The van der Waals surface area contributed by atoms with Gasteiger partial charge in [-0.3, -0.25) is 4.79 Å². The van der Waals surface area contributed by atoms with Crippen LogP contribution in [0.4, 0.5) is 4.39 Å². The number of amides is 1. The van der Waals surface area contributed by atoms with Gasteiger partial charge >= 0.3 is 0 Å². The summed E-state index contributed by atoms with van der Waals surface area (Å²) in [7, 11) is -3.73. The predicted octanol–water partition coefficient (Wildman–Crippen LogP) is 3.83. The van der Waals surface area contributed by atoms with E-state index >= 15 is 0 Å². The molecule has 26 heavy (non-hydrogen) atoms. The third-order valence-corrected chi connectivity index (χ3v) is 5.81. The van der Waals surface area contributed by atoms with Gasteiger partial charge < -0.3 is 5.32 Å². The second-order valence-corrected chi connectivity index (χ2v) is 8.62. The fraction of sp³-hybridized carbons (Fsp3) is 0.316. The molecule has 1 N–H and O–H groups in total. The maximum atomic E-state index is 13.0. The highest BCUT2D eigenvalue weighted by Gasteiger charge is 2.20. The smallest absolute Gasteiger partial charge is 0.235 e. The van der Waals surface area contributed by atoms with Crippen LogP contribution in [0.2, 0.25) is 5.02 Å². The van der Waals surface area contributed by atoms with Gasteiger partial charge in [-0.25, -0.2) is 12.8 Å². The number of sulfone groups is 1. The molecule has 0 spiro atoms. The summed E-state index contributed by atoms with van der Waals surface area (Å²) < 4.78 is 37.5. The van der Waals surface area contributed by atoms with Crippen LogP contribution in [0.1, 0.15) is 36.6 Å². The molecule has 1 atom stereocenters. The molecular weight excluding hydrogens is 377 g/mol. The first kappa shape index (κ1) is 20.4. The van der Waals surface area contributed by atoms with Crippen molar-refractivity contribution in [2.45, 2.75) is 32.1 Å². The van der Waals surface area contributed by atoms with Gasteiger partial charge in [0.1, 0.15) is 11.6 Å². The molecule has 140 valence electrons. The lowest BCUT2D eigenvalue weighted by Gasteiger charge is -2.15. The van der Waals surface area contributed by atoms with Crippen molar-refractivity contribution in [3.8, 4) is 0 Å². The molecule has 0 saturated heterocycles. The molecule has 0 aliphatic rings. The molecule has 0 radical (unpaired) electrons. The maximum Gasteiger partial charge on any atom is 0.235 e. The summed E-state index contributed by atoms with van der Waals surface area (Å²) in [6.07, 6.45) is 0.922. The number of benzene rings is 2. The first-order valence-corrected chi connectivity index (χ1v) is 10.4. The van der Waals surface area contributed by atoms with Gasteiger partial charge in [0, 0.05) is 5.02 Å². The fourth-order valence-electron chi connectivity index (χ4n) is 2.53. The van der Waals surface area contributed by atoms with E-state index in [2.05, 4.69) is 12.2 Å². The summed E-state index contributed by atoms with van der Waals surface area (Å²) in [5.74, 6) is -2.20. The van der Waals surface area contributed by atoms with Crippen molar-refractivity contribution in [1.82, 2.24) is 5.32 Å². The van der Waals surface area contributed by atoms with Gasteiger partial charge in [0.15, 0.2) is 9.84 Å². The summed E-state index contributed by atoms with van der Waals surface area (Å²) in [4.78, 5) is 12.1. The van der Waals surface area contributed by atoms with Crippen LogP contribution in [-0.2, 0) is 26.8 Å². The topological polar surface area (TPSA) is 63.2 Å². The van der Waals surface area contributed by atoms with Crippen LogP contribution in [0, 0.1) is 5.82 Å². The van der Waals surface area contributed by atoms with Crippen LogP contribution in [0.3, 0.4) is 0 Å². The normalized spacial score (nSPS) is 12.6. The Balaban J connectivity index is 1.98. The van der Waals surface area contributed by atoms with Crippen molar-refractivity contribution in [3.63, 3.8) is 0 Å². The largest absolute Gasteiger partial charge is 0.349 e. The number of hydrogen-bond acceptors (Lipinski definition) is 3. The van der Waals surface area contributed by atoms with E-state index in [1.54, 1.807) is 6.92 Å². The molecule has 0 saturated carbocycles. The Bertz CT molecular complexity index is 882. The minimum absolute atomic E-state index is 0.0263. The summed E-state index contributed by atoms with van der Waals surface area (Å²) in [6, 6.07) is 11.0. The van der Waals surface area contributed by atoms with Crippen LogP contribution in [0.25, 0.3) is 0 Å². The van der Waals surface area contributed by atoms with Crippen LogP contribution in [0.15, 0.2) is 42.5 Å². The van der Waals surface area contributed by atoms with Crippen LogP contribution in [-0.4, -0.2) is 20.1 Å². The molecule has 0 aromatic heterocycles. The van der Waals surface area contributed by atoms with Crippen molar-refractivity contribution in [3.05, 3.63) is 70.0 Å². The molecule has 0 heterocycles. The number of carbonyl (C=O) groups excluding carboxylic acids is 1. The summed E-state index contributed by atoms with van der Waals surface area (Å²) in [5.41, 5.74) is 2.35. The van der Waals surface area contributed by atoms with Crippen LogP contribution in [0.5, 0.6) is 0 Å². The van der Waals surface area contributed by atoms with Crippen molar-refractivity contribution in [2.75, 3.05) is 5.75 Å². The van der Waals surface area contributed by atoms with Gasteiger partial charge in [0.05, 0.1) is 11.8 Å². The Morgan fingerprint density at radius 1 is 1.19 bits per heavy atom. The van der Waals surface area contributed by atoms with E-state index in [0.717, 1.165) is 24.1 Å². The zero-order chi connectivity index (χ0) is 19.3. The van der Waals surface area contributed by atoms with E-state index in [1.165, 1.54) is 11.6 Å². The minimum Gasteiger partial charge on any atom is -0.349 e. The zero-order valence-corrected chi connectivity index (χ0v) is 16.2. The molecule has 0 bridgehead atoms. The molecule has 2 rings (SSSR count). The summed E-state index contributed by atoms with van der Waals surface area (Å²) >= 11 is 5.86. The van der Waals surface area contributed by atoms with Gasteiger partial charge in [-0.2, -0.15) is 0 Å². The standard InChI is InChI=1S/C19H21ClFNO3S/c1-3-14-4-6-15(7-5-14)13(2)22-19(23)12-26(24,25)11-16-8-9-17(21)10-18(16)20/h4-10,13H,3,11-12H2,1-2H3,(H,22,23). The third-order valence-electron chi connectivity index (χ3n) is 4.01. The second-order valence-electron chi connectivity index (χ2n) is 6.15. The molecule has 1 amide bonds. The van der Waals surface area contributed by atoms with Crippen molar-refractivity contribution in [2.24, 2.45) is 0 Å². The van der Waals surface area contributed by atoms with Crippen molar-refractivity contribution >= 4 is 27.3 Å². The van der Waals surface area contributed by atoms with Crippen molar-refractivity contribution in [1.29, 1.82) is 0 Å². The van der Waals surface area contributed by atoms with Gasteiger partial charge in [0.2, 0.25) is 5.91 Å². The number of hydrogen-bond donors (Lipinski definition) is 1. The SMILES string of the molecule is CCc1ccc(C(C)NC(=O)CS(=O)(=O)Cc2ccc(F)cc2Cl)cc1. The molecule has 2 aromatic rings. The molecule has 7 heteroatoms. The average Bonchev–Trinajstić information content (AvgIpc) is 2.56. The van der Waals surface area contributed by atoms with Gasteiger partial charge in [-0.15, -0.1) is 0 Å². The van der Waals surface area contributed by atoms with E-state index < -0.39 is 33.1 Å². The molecule has 0 aliphatic carbocycles. The van der Waals surface area contributed by atoms with E-state index in [9.17, 15) is 17.6 Å². The lowest BCUT2D eigenvalue weighted by atomic mass is 10.1. The Morgan fingerprint density at radius 2 is 1.85 bits per heavy atom. The van der Waals surface area contributed by atoms with E-state index in [-0.39, 0.29) is 16.6 Å². The van der Waals surface area contributed by atoms with E-state index in [0.29, 0.717) is 0 Å². The Morgan fingerprint density at radius 3 is 2.42 bits per heavy atom. The third kappa shape index (κ3) is 5.81. The zero-order valence-electron chi connectivity index (χ0n) is 14.6. The van der Waals surface area contributed by atoms with E-state index in [4.69, 9.17) is 11.6 Å². The molecule has 2 aromatic carbocycles. The number of halogens is 2. The van der Waals surface area contributed by atoms with Crippen molar-refractivity contribution < 1.29 is 17.6 Å². The lowest BCUT2D eigenvalue weighted by molar-refractivity contribution is -0.119. The maximum absolute atomic E-state index is 13.0. The second kappa shape index (κ2) is 8.64. The highest BCUT2D eigenvalue weighted by Crippen LogP contribution is 2.20. The first-order valence-electron chi connectivity index (χ1n) is 8.22. The van der Waals surface area contributed by atoms with Crippen LogP contribution >= 0.6 is 11.6 Å². The van der Waals surface area contributed by atoms with E-state index in [1.807, 2.05) is 24.3 Å². The molecule has 0 aliphatic heterocycles.